The standard InChI is InChI=1S/C21H20N4O2/c1-25-18-8-3-2-7-17(18)19(24-25)20(26)23-21(9-11-27-12-10-21)16-6-4-5-15(13-16)14-22/h2-8,13H,9-12H2,1H3,(H,23,26). The van der Waals surface area contributed by atoms with Gasteiger partial charge in [0.25, 0.3) is 5.91 Å². The molecule has 4 rings (SSSR count). The minimum atomic E-state index is -0.569. The van der Waals surface area contributed by atoms with E-state index in [1.54, 1.807) is 10.7 Å². The molecule has 2 aromatic carbocycles. The number of para-hydroxylation sites is 1. The molecule has 0 bridgehead atoms. The van der Waals surface area contributed by atoms with Gasteiger partial charge in [-0.25, -0.2) is 0 Å². The van der Waals surface area contributed by atoms with Crippen LogP contribution in [0.25, 0.3) is 10.9 Å². The number of rotatable bonds is 3. The fourth-order valence-electron chi connectivity index (χ4n) is 3.75. The van der Waals surface area contributed by atoms with E-state index in [2.05, 4.69) is 16.5 Å². The van der Waals surface area contributed by atoms with Gasteiger partial charge in [-0.1, -0.05) is 30.3 Å². The lowest BCUT2D eigenvalue weighted by molar-refractivity contribution is 0.0344. The van der Waals surface area contributed by atoms with Gasteiger partial charge in [0.15, 0.2) is 5.69 Å². The van der Waals surface area contributed by atoms with Crippen molar-refractivity contribution in [2.24, 2.45) is 7.05 Å². The average molecular weight is 360 g/mol. The number of carbonyl (C=O) groups excluding carboxylic acids is 1. The van der Waals surface area contributed by atoms with Crippen molar-refractivity contribution >= 4 is 16.8 Å². The van der Waals surface area contributed by atoms with Crippen LogP contribution in [0.5, 0.6) is 0 Å². The topological polar surface area (TPSA) is 79.9 Å². The van der Waals surface area contributed by atoms with Gasteiger partial charge in [0, 0.05) is 25.6 Å². The molecule has 6 nitrogen and oxygen atoms in total. The molecule has 0 unspecified atom stereocenters. The first-order valence-electron chi connectivity index (χ1n) is 8.96. The number of nitrogens with one attached hydrogen (secondary N) is 1. The molecule has 1 amide bonds. The molecule has 1 saturated heterocycles. The Morgan fingerprint density at radius 3 is 2.78 bits per heavy atom. The van der Waals surface area contributed by atoms with Crippen LogP contribution in [0.15, 0.2) is 48.5 Å². The number of carbonyl (C=O) groups is 1. The first kappa shape index (κ1) is 17.3. The van der Waals surface area contributed by atoms with E-state index in [1.807, 2.05) is 49.5 Å². The zero-order valence-corrected chi connectivity index (χ0v) is 15.1. The highest BCUT2D eigenvalue weighted by atomic mass is 16.5. The second-order valence-electron chi connectivity index (χ2n) is 6.83. The molecule has 27 heavy (non-hydrogen) atoms. The van der Waals surface area contributed by atoms with E-state index in [0.717, 1.165) is 16.5 Å². The molecule has 3 aromatic rings. The number of nitrogens with zero attached hydrogens (tertiary/aromatic N) is 3. The second-order valence-corrected chi connectivity index (χ2v) is 6.83. The van der Waals surface area contributed by atoms with Crippen LogP contribution in [-0.2, 0) is 17.3 Å². The summed E-state index contributed by atoms with van der Waals surface area (Å²) in [5, 5.41) is 17.7. The first-order chi connectivity index (χ1) is 13.1. The molecule has 2 heterocycles. The van der Waals surface area contributed by atoms with Gasteiger partial charge in [-0.05, 0) is 36.6 Å². The molecular formula is C21H20N4O2. The largest absolute Gasteiger partial charge is 0.381 e. The normalized spacial score (nSPS) is 16.0. The summed E-state index contributed by atoms with van der Waals surface area (Å²) in [4.78, 5) is 13.2. The minimum absolute atomic E-state index is 0.212. The van der Waals surface area contributed by atoms with E-state index in [4.69, 9.17) is 4.74 Å². The Kier molecular flexibility index (Phi) is 4.38. The van der Waals surface area contributed by atoms with Gasteiger partial charge in [-0.3, -0.25) is 9.48 Å². The molecule has 0 saturated carbocycles. The van der Waals surface area contributed by atoms with Crippen LogP contribution in [0.3, 0.4) is 0 Å². The third-order valence-electron chi connectivity index (χ3n) is 5.22. The predicted molar refractivity (Wildman–Crippen MR) is 101 cm³/mol. The predicted octanol–water partition coefficient (Wildman–Crippen LogP) is 2.88. The van der Waals surface area contributed by atoms with Gasteiger partial charge in [-0.2, -0.15) is 10.4 Å². The average Bonchev–Trinajstić information content (AvgIpc) is 3.06. The number of hydrogen-bond acceptors (Lipinski definition) is 4. The highest BCUT2D eigenvalue weighted by Gasteiger charge is 2.37. The summed E-state index contributed by atoms with van der Waals surface area (Å²) >= 11 is 0. The Morgan fingerprint density at radius 1 is 1.22 bits per heavy atom. The minimum Gasteiger partial charge on any atom is -0.381 e. The Morgan fingerprint density at radius 2 is 2.00 bits per heavy atom. The van der Waals surface area contributed by atoms with Crippen LogP contribution < -0.4 is 5.32 Å². The number of benzene rings is 2. The highest BCUT2D eigenvalue weighted by Crippen LogP contribution is 2.33. The maximum absolute atomic E-state index is 13.2. The summed E-state index contributed by atoms with van der Waals surface area (Å²) in [6.07, 6.45) is 1.30. The van der Waals surface area contributed by atoms with Crippen molar-refractivity contribution in [3.05, 3.63) is 65.4 Å². The molecule has 1 fully saturated rings. The van der Waals surface area contributed by atoms with E-state index in [-0.39, 0.29) is 5.91 Å². The summed E-state index contributed by atoms with van der Waals surface area (Å²) in [7, 11) is 1.83. The van der Waals surface area contributed by atoms with Crippen LogP contribution >= 0.6 is 0 Å². The van der Waals surface area contributed by atoms with Crippen LogP contribution in [0, 0.1) is 11.3 Å². The fourth-order valence-corrected chi connectivity index (χ4v) is 3.75. The second kappa shape index (κ2) is 6.86. The lowest BCUT2D eigenvalue weighted by atomic mass is 9.82. The fraction of sp³-hybridized carbons (Fsp3) is 0.286. The van der Waals surface area contributed by atoms with E-state index < -0.39 is 5.54 Å². The Hall–Kier alpha value is -3.17. The number of fused-ring (bicyclic) bond motifs is 1. The summed E-state index contributed by atoms with van der Waals surface area (Å²) in [5.41, 5.74) is 2.26. The molecule has 1 N–H and O–H groups in total. The van der Waals surface area contributed by atoms with E-state index in [9.17, 15) is 10.1 Å². The Labute approximate surface area is 157 Å². The van der Waals surface area contributed by atoms with Crippen molar-refractivity contribution in [3.8, 4) is 6.07 Å². The first-order valence-corrected chi connectivity index (χ1v) is 8.96. The summed E-state index contributed by atoms with van der Waals surface area (Å²) in [5.74, 6) is -0.212. The zero-order valence-electron chi connectivity index (χ0n) is 15.1. The SMILES string of the molecule is Cn1nc(C(=O)NC2(c3cccc(C#N)c3)CCOCC2)c2ccccc21. The van der Waals surface area contributed by atoms with Crippen molar-refractivity contribution in [1.29, 1.82) is 5.26 Å². The van der Waals surface area contributed by atoms with E-state index >= 15 is 0 Å². The molecule has 0 spiro atoms. The van der Waals surface area contributed by atoms with E-state index in [1.165, 1.54) is 0 Å². The number of aromatic nitrogens is 2. The Bertz CT molecular complexity index is 1040. The molecule has 0 radical (unpaired) electrons. The third kappa shape index (κ3) is 3.07. The highest BCUT2D eigenvalue weighted by molar-refractivity contribution is 6.05. The lowest BCUT2D eigenvalue weighted by Gasteiger charge is -2.38. The van der Waals surface area contributed by atoms with Crippen molar-refractivity contribution in [1.82, 2.24) is 15.1 Å². The molecule has 1 aliphatic rings. The quantitative estimate of drug-likeness (QED) is 0.779. The maximum Gasteiger partial charge on any atom is 0.273 e. The lowest BCUT2D eigenvalue weighted by Crippen LogP contribution is -2.49. The van der Waals surface area contributed by atoms with Crippen LogP contribution in [0.2, 0.25) is 0 Å². The van der Waals surface area contributed by atoms with Crippen molar-refractivity contribution < 1.29 is 9.53 Å². The molecule has 1 aliphatic heterocycles. The van der Waals surface area contributed by atoms with Gasteiger partial charge in [-0.15, -0.1) is 0 Å². The van der Waals surface area contributed by atoms with Gasteiger partial charge >= 0.3 is 0 Å². The maximum atomic E-state index is 13.2. The number of amides is 1. The number of aryl methyl sites for hydroxylation is 1. The smallest absolute Gasteiger partial charge is 0.273 e. The van der Waals surface area contributed by atoms with E-state index in [0.29, 0.717) is 37.3 Å². The number of ether oxygens (including phenoxy) is 1. The van der Waals surface area contributed by atoms with Gasteiger partial charge < -0.3 is 10.1 Å². The summed E-state index contributed by atoms with van der Waals surface area (Å²) in [6.45, 7) is 1.11. The van der Waals surface area contributed by atoms with Gasteiger partial charge in [0.2, 0.25) is 0 Å². The molecule has 6 heteroatoms. The third-order valence-corrected chi connectivity index (χ3v) is 5.22. The van der Waals surface area contributed by atoms with Crippen LogP contribution in [-0.4, -0.2) is 28.9 Å². The number of hydrogen-bond donors (Lipinski definition) is 1. The van der Waals surface area contributed by atoms with Crippen molar-refractivity contribution in [2.75, 3.05) is 13.2 Å². The summed E-state index contributed by atoms with van der Waals surface area (Å²) < 4.78 is 7.25. The molecule has 0 atom stereocenters. The molecule has 1 aromatic heterocycles. The van der Waals surface area contributed by atoms with Crippen molar-refractivity contribution in [3.63, 3.8) is 0 Å². The van der Waals surface area contributed by atoms with Gasteiger partial charge in [0.1, 0.15) is 0 Å². The zero-order chi connectivity index (χ0) is 18.9. The van der Waals surface area contributed by atoms with Crippen LogP contribution in [0.1, 0.15) is 34.5 Å². The number of nitriles is 1. The summed E-state index contributed by atoms with van der Waals surface area (Å²) in [6, 6.07) is 17.3. The Balaban J connectivity index is 1.73. The molecule has 0 aliphatic carbocycles. The van der Waals surface area contributed by atoms with Crippen LogP contribution in [0.4, 0.5) is 0 Å². The molecule has 136 valence electrons. The monoisotopic (exact) mass is 360 g/mol. The van der Waals surface area contributed by atoms with Crippen molar-refractivity contribution in [2.45, 2.75) is 18.4 Å². The molecular weight excluding hydrogens is 340 g/mol. The van der Waals surface area contributed by atoms with Gasteiger partial charge in [0.05, 0.1) is 22.7 Å².